The minimum atomic E-state index is -0.653. The number of hydrogen-bond donors (Lipinski definition) is 1. The van der Waals surface area contributed by atoms with Crippen LogP contribution < -0.4 is 9.64 Å². The van der Waals surface area contributed by atoms with Crippen LogP contribution in [0.2, 0.25) is 0 Å². The highest BCUT2D eigenvalue weighted by Crippen LogP contribution is 2.40. The van der Waals surface area contributed by atoms with E-state index in [0.717, 1.165) is 13.0 Å². The van der Waals surface area contributed by atoms with E-state index >= 15 is 4.39 Å². The molecule has 0 spiro atoms. The van der Waals surface area contributed by atoms with E-state index in [4.69, 9.17) is 15.9 Å². The fraction of sp³-hybridized carbons (Fsp3) is 0.429. The number of anilines is 1. The van der Waals surface area contributed by atoms with Gasteiger partial charge >= 0.3 is 6.01 Å². The van der Waals surface area contributed by atoms with E-state index < -0.39 is 17.8 Å². The molecule has 3 aliphatic rings. The number of aromatic nitrogens is 2. The first-order chi connectivity index (χ1) is 21.8. The molecule has 3 saturated heterocycles. The highest BCUT2D eigenvalue weighted by atomic mass is 19.1. The van der Waals surface area contributed by atoms with Gasteiger partial charge in [-0.05, 0) is 67.9 Å². The Morgan fingerprint density at radius 3 is 2.60 bits per heavy atom. The Morgan fingerprint density at radius 2 is 1.89 bits per heavy atom. The second-order valence-electron chi connectivity index (χ2n) is 11.3. The fourth-order valence-corrected chi connectivity index (χ4v) is 6.49. The quantitative estimate of drug-likeness (QED) is 0.251. The number of methoxy groups -OCH3 is 1. The van der Waals surface area contributed by atoms with Gasteiger partial charge in [0.05, 0.1) is 31.9 Å². The van der Waals surface area contributed by atoms with Crippen LogP contribution in [0.3, 0.4) is 0 Å². The van der Waals surface area contributed by atoms with Crippen LogP contribution in [0.15, 0.2) is 36.4 Å². The molecule has 10 heteroatoms. The number of fused-ring (bicyclic) bond motifs is 3. The minimum Gasteiger partial charge on any atom is -0.508 e. The number of hydrogen-bond acceptors (Lipinski definition) is 7. The molecule has 4 aromatic rings. The molecule has 0 amide bonds. The summed E-state index contributed by atoms with van der Waals surface area (Å²) < 4.78 is 54.0. The number of morpholine rings is 1. The molecule has 3 fully saturated rings. The zero-order valence-corrected chi connectivity index (χ0v) is 26.1. The standard InChI is InChI=1S/C26H21F2N3O3.C7H12FN.C2H6/c1-4-17-21(27)8-5-15-11-16(32)12-20(22(15)17)18-6-7-19-24(23(18)28)29-26(33-3)30-25(19)31-9-10-34-13-14(31)2;8-6-4-7-2-1-3-9(7)5-6;1-2/h1,5-8,11-12,14,32H,9-10,13H2,2-3H3;6-7H,1-5H2;1-2H3. The molecule has 0 aliphatic carbocycles. The zero-order chi connectivity index (χ0) is 32.2. The summed E-state index contributed by atoms with van der Waals surface area (Å²) >= 11 is 0. The van der Waals surface area contributed by atoms with Crippen LogP contribution in [0.4, 0.5) is 19.0 Å². The normalized spacial score (nSPS) is 21.0. The summed E-state index contributed by atoms with van der Waals surface area (Å²) in [5, 5.41) is 11.6. The first-order valence-corrected chi connectivity index (χ1v) is 15.5. The zero-order valence-electron chi connectivity index (χ0n) is 26.1. The Bertz CT molecular complexity index is 1720. The van der Waals surface area contributed by atoms with Gasteiger partial charge in [0.25, 0.3) is 0 Å². The van der Waals surface area contributed by atoms with Gasteiger partial charge in [-0.25, -0.2) is 13.2 Å². The van der Waals surface area contributed by atoms with Crippen molar-refractivity contribution in [3.05, 3.63) is 53.6 Å². The molecule has 45 heavy (non-hydrogen) atoms. The maximum absolute atomic E-state index is 16.1. The van der Waals surface area contributed by atoms with Crippen LogP contribution in [0.1, 0.15) is 45.6 Å². The summed E-state index contributed by atoms with van der Waals surface area (Å²) in [4.78, 5) is 13.1. The van der Waals surface area contributed by atoms with E-state index in [2.05, 4.69) is 20.8 Å². The number of aromatic hydroxyl groups is 1. The summed E-state index contributed by atoms with van der Waals surface area (Å²) in [6, 6.07) is 9.50. The summed E-state index contributed by atoms with van der Waals surface area (Å²) in [6.45, 7) is 9.48. The smallest absolute Gasteiger partial charge is 0.318 e. The van der Waals surface area contributed by atoms with Crippen LogP contribution in [-0.4, -0.2) is 78.2 Å². The number of ether oxygens (including phenoxy) is 2. The van der Waals surface area contributed by atoms with E-state index in [1.165, 1.54) is 44.2 Å². The SMILES string of the molecule is C#Cc1c(F)ccc2cc(O)cc(-c3ccc4c(N5CCOCC5C)nc(OC)nc4c3F)c12.CC.FC1CC2CCCN2C1. The Hall–Kier alpha value is -4.07. The van der Waals surface area contributed by atoms with Crippen molar-refractivity contribution in [1.29, 1.82) is 0 Å². The highest BCUT2D eigenvalue weighted by molar-refractivity contribution is 6.04. The molecule has 0 bridgehead atoms. The number of phenols is 1. The van der Waals surface area contributed by atoms with Crippen LogP contribution >= 0.6 is 0 Å². The van der Waals surface area contributed by atoms with Crippen molar-refractivity contribution in [3.8, 4) is 35.2 Å². The summed E-state index contributed by atoms with van der Waals surface area (Å²) in [5.74, 6) is 1.55. The maximum atomic E-state index is 16.1. The second kappa shape index (κ2) is 13.9. The highest BCUT2D eigenvalue weighted by Gasteiger charge is 2.34. The van der Waals surface area contributed by atoms with E-state index in [-0.39, 0.29) is 40.0 Å². The fourth-order valence-electron chi connectivity index (χ4n) is 6.49. The molecular weight excluding hydrogens is 581 g/mol. The van der Waals surface area contributed by atoms with Crippen molar-refractivity contribution < 1.29 is 27.8 Å². The van der Waals surface area contributed by atoms with Crippen LogP contribution in [-0.2, 0) is 4.74 Å². The minimum absolute atomic E-state index is 0.00454. The Balaban J connectivity index is 0.000000307. The lowest BCUT2D eigenvalue weighted by Gasteiger charge is -2.34. The summed E-state index contributed by atoms with van der Waals surface area (Å²) in [6.07, 6.45) is 8.40. The molecule has 1 aromatic heterocycles. The number of terminal acetylenes is 1. The number of nitrogens with zero attached hydrogens (tertiary/aromatic N) is 4. The molecule has 7 rings (SSSR count). The lowest BCUT2D eigenvalue weighted by molar-refractivity contribution is 0.0986. The Morgan fingerprint density at radius 1 is 1.09 bits per heavy atom. The topological polar surface area (TPSA) is 71.0 Å². The second-order valence-corrected chi connectivity index (χ2v) is 11.3. The van der Waals surface area contributed by atoms with E-state index in [9.17, 15) is 13.9 Å². The molecule has 4 heterocycles. The summed E-state index contributed by atoms with van der Waals surface area (Å²) in [7, 11) is 1.42. The first kappa shape index (κ1) is 32.3. The Kier molecular flexibility index (Phi) is 10.0. The third-order valence-electron chi connectivity index (χ3n) is 8.53. The van der Waals surface area contributed by atoms with Gasteiger partial charge in [0.15, 0.2) is 5.82 Å². The summed E-state index contributed by atoms with van der Waals surface area (Å²) in [5.41, 5.74) is 0.432. The molecule has 0 saturated carbocycles. The van der Waals surface area contributed by atoms with Gasteiger partial charge in [-0.3, -0.25) is 4.90 Å². The van der Waals surface area contributed by atoms with E-state index in [0.29, 0.717) is 54.3 Å². The van der Waals surface area contributed by atoms with Crippen LogP contribution in [0, 0.1) is 24.0 Å². The molecule has 3 unspecified atom stereocenters. The third kappa shape index (κ3) is 6.37. The molecule has 1 N–H and O–H groups in total. The average Bonchev–Trinajstić information content (AvgIpc) is 3.63. The van der Waals surface area contributed by atoms with Crippen molar-refractivity contribution in [2.45, 2.75) is 58.3 Å². The predicted octanol–water partition coefficient (Wildman–Crippen LogP) is 6.87. The number of rotatable bonds is 3. The molecular formula is C35H39F3N4O3. The molecule has 0 radical (unpaired) electrons. The largest absolute Gasteiger partial charge is 0.508 e. The van der Waals surface area contributed by atoms with Crippen molar-refractivity contribution in [1.82, 2.24) is 14.9 Å². The average molecular weight is 621 g/mol. The predicted molar refractivity (Wildman–Crippen MR) is 172 cm³/mol. The van der Waals surface area contributed by atoms with Crippen molar-refractivity contribution >= 4 is 27.5 Å². The first-order valence-electron chi connectivity index (χ1n) is 15.5. The number of halogens is 3. The van der Waals surface area contributed by atoms with Gasteiger partial charge in [0, 0.05) is 35.5 Å². The molecule has 238 valence electrons. The van der Waals surface area contributed by atoms with Gasteiger partial charge in [-0.2, -0.15) is 9.97 Å². The van der Waals surface area contributed by atoms with Crippen molar-refractivity contribution in [2.75, 3.05) is 44.9 Å². The third-order valence-corrected chi connectivity index (χ3v) is 8.53. The van der Waals surface area contributed by atoms with Crippen LogP contribution in [0.25, 0.3) is 32.8 Å². The monoisotopic (exact) mass is 620 g/mol. The Labute approximate surface area is 262 Å². The molecule has 3 aromatic carbocycles. The molecule has 3 aliphatic heterocycles. The number of phenolic OH excluding ortho intramolecular Hbond substituents is 1. The number of alkyl halides is 1. The van der Waals surface area contributed by atoms with Gasteiger partial charge in [-0.1, -0.05) is 31.9 Å². The van der Waals surface area contributed by atoms with Crippen molar-refractivity contribution in [3.63, 3.8) is 0 Å². The van der Waals surface area contributed by atoms with E-state index in [1.54, 1.807) is 12.1 Å². The number of benzene rings is 3. The van der Waals surface area contributed by atoms with Gasteiger partial charge in [-0.15, -0.1) is 6.42 Å². The van der Waals surface area contributed by atoms with E-state index in [1.807, 2.05) is 25.7 Å². The lowest BCUT2D eigenvalue weighted by Crippen LogP contribution is -2.44. The maximum Gasteiger partial charge on any atom is 0.318 e. The van der Waals surface area contributed by atoms with Gasteiger partial charge in [0.2, 0.25) is 0 Å². The molecule has 3 atom stereocenters. The molecule has 7 nitrogen and oxygen atoms in total. The lowest BCUT2D eigenvalue weighted by atomic mass is 9.93. The van der Waals surface area contributed by atoms with Crippen molar-refractivity contribution in [2.24, 2.45) is 0 Å². The van der Waals surface area contributed by atoms with Gasteiger partial charge < -0.3 is 19.5 Å². The van der Waals surface area contributed by atoms with Crippen LogP contribution in [0.5, 0.6) is 11.8 Å². The van der Waals surface area contributed by atoms with Gasteiger partial charge in [0.1, 0.15) is 29.1 Å².